The second-order valence-corrected chi connectivity index (χ2v) is 20.0. The maximum atomic E-state index is 14.5. The Bertz CT molecular complexity index is 3610. The Morgan fingerprint density at radius 3 is 1.58 bits per heavy atom. The molecule has 2 aliphatic rings. The summed E-state index contributed by atoms with van der Waals surface area (Å²) in [7, 11) is 0. The molecule has 2 fully saturated rings. The van der Waals surface area contributed by atoms with Gasteiger partial charge in [0.25, 0.3) is 24.7 Å². The summed E-state index contributed by atoms with van der Waals surface area (Å²) in [6.07, 6.45) is 3.20. The van der Waals surface area contributed by atoms with Crippen molar-refractivity contribution in [3.05, 3.63) is 155 Å². The summed E-state index contributed by atoms with van der Waals surface area (Å²) in [5, 5.41) is 8.55. The molecule has 79 heavy (non-hydrogen) atoms. The van der Waals surface area contributed by atoms with Crippen molar-refractivity contribution < 1.29 is 63.7 Å². The molecule has 2 saturated carbocycles. The van der Waals surface area contributed by atoms with E-state index in [0.717, 1.165) is 78.1 Å². The standard InChI is InChI=1S/C31H30F4N4O4.C26H22F4N4O2/c1-17-11-18(5-9-22(17)29(40)37-20-7-8-20)25-14-36-28-24(39(16-27(34)35)30(41)43-31(2,3)4)13-21(15-38(25)28)42-26-12-19(32)6-10-23(26)33;1-14-8-15(2-6-19(14)26(35)33-17-4-5-17)22-11-32-25-21(31-12-24(29)30)10-18(13-34(22)25)36-23-9-16(27)3-7-20(23)28/h5-6,9-15,20,27H,7-8,16H2,1-4H3,(H,37,40);2-3,6-11,13,17,24,31H,4-5,12H2,1H3,(H,33,35). The minimum absolute atomic E-state index is 0.0835. The number of ether oxygens (including phenoxy) is 3. The zero-order chi connectivity index (χ0) is 56.4. The molecular weight excluding hydrogens is 1040 g/mol. The number of rotatable bonds is 16. The van der Waals surface area contributed by atoms with Crippen LogP contribution in [0.4, 0.5) is 51.3 Å². The van der Waals surface area contributed by atoms with Crippen molar-refractivity contribution in [2.45, 2.75) is 90.8 Å². The fourth-order valence-electron chi connectivity index (χ4n) is 8.39. The Kier molecular flexibility index (Phi) is 15.8. The number of hydrogen-bond donors (Lipinski definition) is 3. The summed E-state index contributed by atoms with van der Waals surface area (Å²) in [5.74, 6) is -4.20. The molecule has 0 atom stereocenters. The number of aryl methyl sites for hydroxylation is 2. The molecule has 0 saturated heterocycles. The Morgan fingerprint density at radius 2 is 1.13 bits per heavy atom. The maximum absolute atomic E-state index is 14.5. The molecular formula is C57H52F8N8O6. The van der Waals surface area contributed by atoms with Gasteiger partial charge in [0.15, 0.2) is 34.4 Å². The van der Waals surface area contributed by atoms with Gasteiger partial charge < -0.3 is 30.2 Å². The Morgan fingerprint density at radius 1 is 0.646 bits per heavy atom. The summed E-state index contributed by atoms with van der Waals surface area (Å²) in [4.78, 5) is 47.8. The van der Waals surface area contributed by atoms with Gasteiger partial charge in [0.1, 0.15) is 28.7 Å². The van der Waals surface area contributed by atoms with E-state index in [1.54, 1.807) is 68.6 Å². The van der Waals surface area contributed by atoms with E-state index >= 15 is 0 Å². The number of hydrogen-bond acceptors (Lipinski definition) is 9. The highest BCUT2D eigenvalue weighted by Crippen LogP contribution is 2.37. The molecule has 4 aromatic heterocycles. The molecule has 0 aliphatic heterocycles. The minimum atomic E-state index is -2.94. The van der Waals surface area contributed by atoms with E-state index in [1.807, 2.05) is 13.0 Å². The lowest BCUT2D eigenvalue weighted by Gasteiger charge is -2.27. The second-order valence-electron chi connectivity index (χ2n) is 20.0. The van der Waals surface area contributed by atoms with Gasteiger partial charge in [-0.3, -0.25) is 23.3 Å². The van der Waals surface area contributed by atoms with Gasteiger partial charge in [-0.2, -0.15) is 0 Å². The van der Waals surface area contributed by atoms with Crippen molar-refractivity contribution in [2.75, 3.05) is 23.3 Å². The molecule has 3 amide bonds. The smallest absolute Gasteiger partial charge is 0.415 e. The molecule has 2 aliphatic carbocycles. The van der Waals surface area contributed by atoms with Crippen LogP contribution in [-0.4, -0.2) is 80.3 Å². The van der Waals surface area contributed by atoms with Gasteiger partial charge >= 0.3 is 6.09 Å². The van der Waals surface area contributed by atoms with E-state index in [0.29, 0.717) is 39.3 Å². The van der Waals surface area contributed by atoms with Gasteiger partial charge in [-0.05, 0) is 120 Å². The van der Waals surface area contributed by atoms with Crippen molar-refractivity contribution in [1.82, 2.24) is 29.4 Å². The average Bonchev–Trinajstić information content (AvgIpc) is 4.49. The number of carbonyl (C=O) groups excluding carboxylic acids is 3. The Hall–Kier alpha value is -8.69. The monoisotopic (exact) mass is 1100 g/mol. The molecule has 4 aromatic carbocycles. The predicted molar refractivity (Wildman–Crippen MR) is 279 cm³/mol. The van der Waals surface area contributed by atoms with E-state index in [1.165, 1.54) is 35.1 Å². The lowest BCUT2D eigenvalue weighted by atomic mass is 10.0. The molecule has 412 valence electrons. The molecule has 8 aromatic rings. The number of alkyl halides is 4. The normalized spacial score (nSPS) is 13.3. The third-order valence-electron chi connectivity index (χ3n) is 12.4. The zero-order valence-corrected chi connectivity index (χ0v) is 43.2. The van der Waals surface area contributed by atoms with Gasteiger partial charge in [-0.25, -0.2) is 49.9 Å². The molecule has 3 N–H and O–H groups in total. The first-order chi connectivity index (χ1) is 37.6. The van der Waals surface area contributed by atoms with E-state index in [2.05, 4.69) is 25.9 Å². The number of anilines is 2. The summed E-state index contributed by atoms with van der Waals surface area (Å²) in [5.41, 5.74) is 4.45. The highest BCUT2D eigenvalue weighted by Gasteiger charge is 2.31. The van der Waals surface area contributed by atoms with Crippen LogP contribution in [0.1, 0.15) is 78.3 Å². The fourth-order valence-corrected chi connectivity index (χ4v) is 8.39. The number of carbonyl (C=O) groups is 3. The van der Waals surface area contributed by atoms with Crippen LogP contribution >= 0.6 is 0 Å². The van der Waals surface area contributed by atoms with E-state index < -0.39 is 66.7 Å². The second kappa shape index (κ2) is 22.7. The predicted octanol–water partition coefficient (Wildman–Crippen LogP) is 13.2. The van der Waals surface area contributed by atoms with Gasteiger partial charge in [0.2, 0.25) is 0 Å². The molecule has 0 unspecified atom stereocenters. The van der Waals surface area contributed by atoms with Crippen molar-refractivity contribution >= 4 is 40.6 Å². The van der Waals surface area contributed by atoms with Crippen LogP contribution in [0, 0.1) is 37.1 Å². The number of amides is 3. The van der Waals surface area contributed by atoms with Gasteiger partial charge in [0, 0.05) is 58.6 Å². The quantitative estimate of drug-likeness (QED) is 0.0803. The zero-order valence-electron chi connectivity index (χ0n) is 43.2. The van der Waals surface area contributed by atoms with Crippen LogP contribution in [0.15, 0.2) is 110 Å². The fraction of sp³-hybridized carbons (Fsp3) is 0.281. The van der Waals surface area contributed by atoms with E-state index in [4.69, 9.17) is 14.2 Å². The van der Waals surface area contributed by atoms with Crippen LogP contribution in [0.2, 0.25) is 0 Å². The molecule has 0 radical (unpaired) electrons. The third kappa shape index (κ3) is 13.4. The van der Waals surface area contributed by atoms with Crippen LogP contribution < -0.4 is 30.3 Å². The van der Waals surface area contributed by atoms with Gasteiger partial charge in [0.05, 0.1) is 60.6 Å². The topological polar surface area (TPSA) is 153 Å². The molecule has 22 heteroatoms. The van der Waals surface area contributed by atoms with Crippen molar-refractivity contribution in [1.29, 1.82) is 0 Å². The van der Waals surface area contributed by atoms with Crippen molar-refractivity contribution in [3.8, 4) is 45.5 Å². The number of nitrogens with one attached hydrogen (secondary N) is 3. The first-order valence-corrected chi connectivity index (χ1v) is 25.0. The molecule has 10 rings (SSSR count). The first-order valence-electron chi connectivity index (χ1n) is 25.0. The summed E-state index contributed by atoms with van der Waals surface area (Å²) in [6.45, 7) is 6.72. The SMILES string of the molecule is Cc1cc(-c2cnc3c(N(CC(F)F)C(=O)OC(C)(C)C)cc(Oc4cc(F)ccc4F)cn23)ccc1C(=O)NC1CC1.Cc1cc(-c2cnc3c(NCC(F)F)cc(Oc4cc(F)ccc4F)cn23)ccc1C(=O)NC1CC1. The summed E-state index contributed by atoms with van der Waals surface area (Å²) in [6, 6.07) is 19.0. The number of fused-ring (bicyclic) bond motifs is 2. The number of halogens is 8. The molecule has 0 spiro atoms. The number of imidazole rings is 2. The van der Waals surface area contributed by atoms with Crippen LogP contribution in [-0.2, 0) is 4.74 Å². The van der Waals surface area contributed by atoms with Gasteiger partial charge in [-0.15, -0.1) is 0 Å². The Balaban J connectivity index is 0.000000195. The van der Waals surface area contributed by atoms with Crippen LogP contribution in [0.3, 0.4) is 0 Å². The minimum Gasteiger partial charge on any atom is -0.453 e. The number of benzene rings is 4. The lowest BCUT2D eigenvalue weighted by molar-refractivity contribution is 0.0543. The summed E-state index contributed by atoms with van der Waals surface area (Å²) < 4.78 is 129. The van der Waals surface area contributed by atoms with Gasteiger partial charge in [-0.1, -0.05) is 12.1 Å². The van der Waals surface area contributed by atoms with Crippen LogP contribution in [0.5, 0.6) is 23.0 Å². The number of nitrogens with zero attached hydrogens (tertiary/aromatic N) is 5. The molecule has 0 bridgehead atoms. The molecule has 14 nitrogen and oxygen atoms in total. The highest BCUT2D eigenvalue weighted by atomic mass is 19.3. The maximum Gasteiger partial charge on any atom is 0.415 e. The van der Waals surface area contributed by atoms with Crippen LogP contribution in [0.25, 0.3) is 33.8 Å². The third-order valence-corrected chi connectivity index (χ3v) is 12.4. The summed E-state index contributed by atoms with van der Waals surface area (Å²) >= 11 is 0. The number of aromatic nitrogens is 4. The molecule has 4 heterocycles. The van der Waals surface area contributed by atoms with Crippen molar-refractivity contribution in [3.63, 3.8) is 0 Å². The average molecular weight is 1100 g/mol. The van der Waals surface area contributed by atoms with E-state index in [9.17, 15) is 49.5 Å². The van der Waals surface area contributed by atoms with Crippen molar-refractivity contribution in [2.24, 2.45) is 0 Å². The number of pyridine rings is 2. The highest BCUT2D eigenvalue weighted by molar-refractivity contribution is 5.98. The first kappa shape index (κ1) is 55.1. The lowest BCUT2D eigenvalue weighted by Crippen LogP contribution is -2.40. The van der Waals surface area contributed by atoms with E-state index in [-0.39, 0.29) is 58.2 Å². The largest absolute Gasteiger partial charge is 0.453 e. The Labute approximate surface area is 447 Å².